The van der Waals surface area contributed by atoms with Gasteiger partial charge in [0.25, 0.3) is 5.69 Å². The molecule has 7 nitrogen and oxygen atoms in total. The zero-order valence-corrected chi connectivity index (χ0v) is 18.8. The number of ketones is 1. The van der Waals surface area contributed by atoms with Crippen LogP contribution in [0.2, 0.25) is 0 Å². The number of hydrogen-bond donors (Lipinski definition) is 1. The van der Waals surface area contributed by atoms with Crippen molar-refractivity contribution >= 4 is 17.2 Å². The SMILES string of the molecule is CC(C)(C)c1ccc([C@H](CC(=O)c2ccc3c(c2)OCO3)Nc2ccc([N+](=O)[O-])cc2)cc1. The molecule has 0 saturated carbocycles. The van der Waals surface area contributed by atoms with E-state index in [1.54, 1.807) is 30.3 Å². The van der Waals surface area contributed by atoms with Crippen LogP contribution in [-0.4, -0.2) is 17.5 Å². The molecule has 0 radical (unpaired) electrons. The van der Waals surface area contributed by atoms with E-state index in [0.29, 0.717) is 22.7 Å². The van der Waals surface area contributed by atoms with Crippen molar-refractivity contribution in [3.8, 4) is 11.5 Å². The van der Waals surface area contributed by atoms with Gasteiger partial charge in [-0.2, -0.15) is 0 Å². The van der Waals surface area contributed by atoms with E-state index >= 15 is 0 Å². The van der Waals surface area contributed by atoms with Gasteiger partial charge in [0.2, 0.25) is 6.79 Å². The van der Waals surface area contributed by atoms with Crippen LogP contribution in [0.1, 0.15) is 54.7 Å². The van der Waals surface area contributed by atoms with E-state index in [1.165, 1.54) is 17.7 Å². The number of fused-ring (bicyclic) bond motifs is 1. The Labute approximate surface area is 192 Å². The molecule has 0 spiro atoms. The van der Waals surface area contributed by atoms with Gasteiger partial charge in [-0.15, -0.1) is 0 Å². The van der Waals surface area contributed by atoms with Crippen LogP contribution in [0.25, 0.3) is 0 Å². The molecule has 1 aliphatic heterocycles. The molecule has 1 aliphatic rings. The Balaban J connectivity index is 1.60. The number of carbonyl (C=O) groups excluding carboxylic acids is 1. The first kappa shape index (κ1) is 22.3. The Morgan fingerprint density at radius 1 is 1.00 bits per heavy atom. The number of anilines is 1. The molecule has 4 rings (SSSR count). The molecular weight excluding hydrogens is 420 g/mol. The van der Waals surface area contributed by atoms with Crippen molar-refractivity contribution < 1.29 is 19.2 Å². The summed E-state index contributed by atoms with van der Waals surface area (Å²) in [4.78, 5) is 23.7. The van der Waals surface area contributed by atoms with Gasteiger partial charge in [0.15, 0.2) is 17.3 Å². The molecule has 0 saturated heterocycles. The monoisotopic (exact) mass is 446 g/mol. The number of nitrogens with one attached hydrogen (secondary N) is 1. The van der Waals surface area contributed by atoms with E-state index in [-0.39, 0.29) is 36.1 Å². The minimum Gasteiger partial charge on any atom is -0.454 e. The average molecular weight is 447 g/mol. The van der Waals surface area contributed by atoms with E-state index in [0.717, 1.165) is 5.56 Å². The molecule has 3 aromatic carbocycles. The Kier molecular flexibility index (Phi) is 6.05. The van der Waals surface area contributed by atoms with Crippen LogP contribution in [0.4, 0.5) is 11.4 Å². The minimum absolute atomic E-state index is 0.0160. The smallest absolute Gasteiger partial charge is 0.269 e. The second-order valence-electron chi connectivity index (χ2n) is 9.07. The molecule has 0 aromatic heterocycles. The van der Waals surface area contributed by atoms with Gasteiger partial charge in [0.05, 0.1) is 11.0 Å². The Morgan fingerprint density at radius 2 is 1.67 bits per heavy atom. The number of nitro groups is 1. The van der Waals surface area contributed by atoms with Gasteiger partial charge in [-0.3, -0.25) is 14.9 Å². The van der Waals surface area contributed by atoms with E-state index in [2.05, 4.69) is 38.2 Å². The topological polar surface area (TPSA) is 90.7 Å². The molecule has 0 bridgehead atoms. The second kappa shape index (κ2) is 8.94. The van der Waals surface area contributed by atoms with E-state index in [4.69, 9.17) is 9.47 Å². The quantitative estimate of drug-likeness (QED) is 0.270. The van der Waals surface area contributed by atoms with E-state index in [9.17, 15) is 14.9 Å². The first-order valence-electron chi connectivity index (χ1n) is 10.7. The molecule has 0 aliphatic carbocycles. The fourth-order valence-corrected chi connectivity index (χ4v) is 3.72. The number of rotatable bonds is 7. The maximum Gasteiger partial charge on any atom is 0.269 e. The fraction of sp³-hybridized carbons (Fsp3) is 0.269. The maximum absolute atomic E-state index is 13.2. The Bertz CT molecular complexity index is 1160. The number of Topliss-reactive ketones (excluding diaryl/α,β-unsaturated/α-hetero) is 1. The van der Waals surface area contributed by atoms with Crippen LogP contribution in [0, 0.1) is 10.1 Å². The van der Waals surface area contributed by atoms with Gasteiger partial charge in [-0.05, 0) is 46.9 Å². The number of hydrogen-bond acceptors (Lipinski definition) is 6. The molecule has 1 N–H and O–H groups in total. The van der Waals surface area contributed by atoms with Gasteiger partial charge in [0, 0.05) is 29.8 Å². The lowest BCUT2D eigenvalue weighted by Gasteiger charge is -2.23. The first-order valence-corrected chi connectivity index (χ1v) is 10.7. The number of ether oxygens (including phenoxy) is 2. The van der Waals surface area contributed by atoms with Crippen molar-refractivity contribution in [3.63, 3.8) is 0 Å². The lowest BCUT2D eigenvalue weighted by atomic mass is 9.86. The summed E-state index contributed by atoms with van der Waals surface area (Å²) in [6.45, 7) is 6.60. The average Bonchev–Trinajstić information content (AvgIpc) is 3.26. The Morgan fingerprint density at radius 3 is 2.30 bits per heavy atom. The summed E-state index contributed by atoms with van der Waals surface area (Å²) in [5.74, 6) is 1.15. The summed E-state index contributed by atoms with van der Waals surface area (Å²) in [6.07, 6.45) is 0.200. The molecule has 0 fully saturated rings. The third-order valence-electron chi connectivity index (χ3n) is 5.68. The van der Waals surface area contributed by atoms with Crippen LogP contribution in [-0.2, 0) is 5.41 Å². The third kappa shape index (κ3) is 5.14. The summed E-state index contributed by atoms with van der Waals surface area (Å²) in [7, 11) is 0. The highest BCUT2D eigenvalue weighted by Gasteiger charge is 2.22. The number of non-ortho nitro benzene ring substituents is 1. The highest BCUT2D eigenvalue weighted by atomic mass is 16.7. The van der Waals surface area contributed by atoms with Gasteiger partial charge in [-0.25, -0.2) is 0 Å². The van der Waals surface area contributed by atoms with Crippen LogP contribution in [0.5, 0.6) is 11.5 Å². The van der Waals surface area contributed by atoms with Gasteiger partial charge in [0.1, 0.15) is 0 Å². The number of carbonyl (C=O) groups is 1. The van der Waals surface area contributed by atoms with Crippen molar-refractivity contribution in [1.82, 2.24) is 0 Å². The summed E-state index contributed by atoms with van der Waals surface area (Å²) >= 11 is 0. The summed E-state index contributed by atoms with van der Waals surface area (Å²) in [5, 5.41) is 14.3. The van der Waals surface area contributed by atoms with Crippen LogP contribution in [0.15, 0.2) is 66.7 Å². The highest BCUT2D eigenvalue weighted by Crippen LogP contribution is 2.34. The van der Waals surface area contributed by atoms with Crippen LogP contribution >= 0.6 is 0 Å². The van der Waals surface area contributed by atoms with Gasteiger partial charge < -0.3 is 14.8 Å². The molecular formula is C26H26N2O5. The molecule has 3 aromatic rings. The second-order valence-corrected chi connectivity index (χ2v) is 9.07. The highest BCUT2D eigenvalue weighted by molar-refractivity contribution is 5.97. The lowest BCUT2D eigenvalue weighted by Crippen LogP contribution is -2.17. The molecule has 170 valence electrons. The largest absolute Gasteiger partial charge is 0.454 e. The predicted octanol–water partition coefficient (Wildman–Crippen LogP) is 6.05. The molecule has 0 unspecified atom stereocenters. The van der Waals surface area contributed by atoms with E-state index in [1.807, 2.05) is 12.1 Å². The summed E-state index contributed by atoms with van der Waals surface area (Å²) in [5.41, 5.74) is 3.42. The summed E-state index contributed by atoms with van der Waals surface area (Å²) < 4.78 is 10.7. The lowest BCUT2D eigenvalue weighted by molar-refractivity contribution is -0.384. The third-order valence-corrected chi connectivity index (χ3v) is 5.68. The Hall–Kier alpha value is -3.87. The van der Waals surface area contributed by atoms with Crippen molar-refractivity contribution in [2.45, 2.75) is 38.6 Å². The zero-order valence-electron chi connectivity index (χ0n) is 18.8. The van der Waals surface area contributed by atoms with Crippen molar-refractivity contribution in [2.75, 3.05) is 12.1 Å². The standard InChI is InChI=1S/C26H26N2O5/c1-26(2,3)19-7-4-17(5-8-19)22(27-20-9-11-21(12-10-20)28(30)31)15-23(29)18-6-13-24-25(14-18)33-16-32-24/h4-14,22,27H,15-16H2,1-3H3/t22-/m0/s1. The van der Waals surface area contributed by atoms with Crippen molar-refractivity contribution in [2.24, 2.45) is 0 Å². The number of nitro benzene ring substituents is 1. The van der Waals surface area contributed by atoms with Crippen molar-refractivity contribution in [3.05, 3.63) is 93.5 Å². The minimum atomic E-state index is -0.435. The van der Waals surface area contributed by atoms with E-state index < -0.39 is 4.92 Å². The normalized spacial score (nSPS) is 13.4. The molecule has 1 atom stereocenters. The molecule has 7 heteroatoms. The maximum atomic E-state index is 13.2. The fourth-order valence-electron chi connectivity index (χ4n) is 3.72. The molecule has 1 heterocycles. The van der Waals surface area contributed by atoms with Crippen molar-refractivity contribution in [1.29, 1.82) is 0 Å². The predicted molar refractivity (Wildman–Crippen MR) is 126 cm³/mol. The molecule has 33 heavy (non-hydrogen) atoms. The first-order chi connectivity index (χ1) is 15.7. The molecule has 0 amide bonds. The summed E-state index contributed by atoms with van der Waals surface area (Å²) in [6, 6.07) is 19.3. The van der Waals surface area contributed by atoms with Gasteiger partial charge >= 0.3 is 0 Å². The van der Waals surface area contributed by atoms with Crippen LogP contribution < -0.4 is 14.8 Å². The number of nitrogens with zero attached hydrogens (tertiary/aromatic N) is 1. The zero-order chi connectivity index (χ0) is 23.6. The van der Waals surface area contributed by atoms with Gasteiger partial charge in [-0.1, -0.05) is 45.0 Å². The van der Waals surface area contributed by atoms with Crippen LogP contribution in [0.3, 0.4) is 0 Å². The number of benzene rings is 3.